The smallest absolute Gasteiger partial charge is 0.272 e. The van der Waals surface area contributed by atoms with Gasteiger partial charge >= 0.3 is 0 Å². The zero-order chi connectivity index (χ0) is 8.97. The molecule has 12 heavy (non-hydrogen) atoms. The van der Waals surface area contributed by atoms with Gasteiger partial charge in [0.25, 0.3) is 5.91 Å². The number of rotatable bonds is 4. The van der Waals surface area contributed by atoms with Crippen LogP contribution in [-0.2, 0) is 4.79 Å². The summed E-state index contributed by atoms with van der Waals surface area (Å²) in [5.74, 6) is -0.629. The van der Waals surface area contributed by atoms with E-state index in [0.717, 1.165) is 19.3 Å². The van der Waals surface area contributed by atoms with Gasteiger partial charge in [-0.05, 0) is 6.42 Å². The summed E-state index contributed by atoms with van der Waals surface area (Å²) < 4.78 is 0. The first kappa shape index (κ1) is 9.32. The highest BCUT2D eigenvalue weighted by atomic mass is 16.3. The zero-order valence-electron chi connectivity index (χ0n) is 7.23. The van der Waals surface area contributed by atoms with E-state index >= 15 is 0 Å². The van der Waals surface area contributed by atoms with Gasteiger partial charge in [-0.1, -0.05) is 26.2 Å². The van der Waals surface area contributed by atoms with E-state index < -0.39 is 6.23 Å². The monoisotopic (exact) mass is 170 g/mol. The lowest BCUT2D eigenvalue weighted by Gasteiger charge is -2.08. The lowest BCUT2D eigenvalue weighted by molar-refractivity contribution is -0.122. The van der Waals surface area contributed by atoms with Crippen LogP contribution in [0.3, 0.4) is 0 Å². The Labute approximate surface area is 71.7 Å². The van der Waals surface area contributed by atoms with E-state index in [9.17, 15) is 9.90 Å². The van der Waals surface area contributed by atoms with Crippen molar-refractivity contribution in [1.82, 2.24) is 0 Å². The Morgan fingerprint density at radius 1 is 1.50 bits per heavy atom. The summed E-state index contributed by atoms with van der Waals surface area (Å²) in [6, 6.07) is 0. The molecule has 0 radical (unpaired) electrons. The molecule has 68 valence electrons. The van der Waals surface area contributed by atoms with Crippen LogP contribution in [0.2, 0.25) is 0 Å². The Morgan fingerprint density at radius 3 is 2.75 bits per heavy atom. The summed E-state index contributed by atoms with van der Waals surface area (Å²) >= 11 is 0. The molecule has 4 heteroatoms. The van der Waals surface area contributed by atoms with E-state index in [1.165, 1.54) is 0 Å². The first-order chi connectivity index (χ1) is 5.75. The Balaban J connectivity index is 2.28. The second kappa shape index (κ2) is 4.30. The Bertz CT molecular complexity index is 191. The van der Waals surface area contributed by atoms with Crippen LogP contribution in [0.1, 0.15) is 32.6 Å². The maximum Gasteiger partial charge on any atom is 0.272 e. The first-order valence-electron chi connectivity index (χ1n) is 4.38. The molecule has 0 aliphatic carbocycles. The molecule has 0 aromatic carbocycles. The van der Waals surface area contributed by atoms with Gasteiger partial charge in [-0.15, -0.1) is 5.11 Å². The van der Waals surface area contributed by atoms with Crippen LogP contribution in [0, 0.1) is 5.92 Å². The SMILES string of the molecule is CCCCCC1C(=O)N=N[C@H]1O. The van der Waals surface area contributed by atoms with Gasteiger partial charge in [0.1, 0.15) is 0 Å². The van der Waals surface area contributed by atoms with Gasteiger partial charge in [0.15, 0.2) is 6.23 Å². The number of carbonyl (C=O) groups is 1. The molecule has 0 saturated carbocycles. The lowest BCUT2D eigenvalue weighted by atomic mass is 10.0. The molecular formula is C8H14N2O2. The Hall–Kier alpha value is -0.770. The third-order valence-corrected chi connectivity index (χ3v) is 2.07. The number of hydrogen-bond acceptors (Lipinski definition) is 3. The fraction of sp³-hybridized carbons (Fsp3) is 0.875. The minimum Gasteiger partial charge on any atom is -0.369 e. The lowest BCUT2D eigenvalue weighted by Crippen LogP contribution is -2.19. The van der Waals surface area contributed by atoms with Crippen molar-refractivity contribution in [2.45, 2.75) is 38.8 Å². The average molecular weight is 170 g/mol. The van der Waals surface area contributed by atoms with Crippen LogP contribution in [-0.4, -0.2) is 17.2 Å². The van der Waals surface area contributed by atoms with Crippen molar-refractivity contribution in [2.24, 2.45) is 16.1 Å². The molecule has 0 bridgehead atoms. The van der Waals surface area contributed by atoms with Crippen molar-refractivity contribution in [3.05, 3.63) is 0 Å². The quantitative estimate of drug-likeness (QED) is 0.650. The molecular weight excluding hydrogens is 156 g/mol. The maximum atomic E-state index is 11.0. The zero-order valence-corrected chi connectivity index (χ0v) is 7.23. The summed E-state index contributed by atoms with van der Waals surface area (Å²) in [5, 5.41) is 15.9. The third-order valence-electron chi connectivity index (χ3n) is 2.07. The van der Waals surface area contributed by atoms with Gasteiger partial charge in [0.05, 0.1) is 5.92 Å². The number of unbranched alkanes of at least 4 members (excludes halogenated alkanes) is 2. The number of azo groups is 1. The van der Waals surface area contributed by atoms with Crippen LogP contribution in [0.5, 0.6) is 0 Å². The second-order valence-electron chi connectivity index (χ2n) is 3.07. The van der Waals surface area contributed by atoms with Crippen molar-refractivity contribution in [2.75, 3.05) is 0 Å². The fourth-order valence-corrected chi connectivity index (χ4v) is 1.29. The van der Waals surface area contributed by atoms with E-state index in [4.69, 9.17) is 0 Å². The number of amides is 1. The molecule has 1 aliphatic heterocycles. The fourth-order valence-electron chi connectivity index (χ4n) is 1.29. The highest BCUT2D eigenvalue weighted by Gasteiger charge is 2.31. The van der Waals surface area contributed by atoms with Crippen LogP contribution < -0.4 is 0 Å². The number of aliphatic hydroxyl groups excluding tert-OH is 1. The molecule has 0 fully saturated rings. The van der Waals surface area contributed by atoms with Crippen LogP contribution in [0.4, 0.5) is 0 Å². The van der Waals surface area contributed by atoms with Gasteiger partial charge in [-0.2, -0.15) is 5.11 Å². The Morgan fingerprint density at radius 2 is 2.25 bits per heavy atom. The van der Waals surface area contributed by atoms with Crippen LogP contribution in [0.25, 0.3) is 0 Å². The summed E-state index contributed by atoms with van der Waals surface area (Å²) in [7, 11) is 0. The molecule has 1 N–H and O–H groups in total. The molecule has 1 aliphatic rings. The third kappa shape index (κ3) is 2.11. The van der Waals surface area contributed by atoms with Crippen LogP contribution >= 0.6 is 0 Å². The van der Waals surface area contributed by atoms with Gasteiger partial charge in [-0.25, -0.2) is 0 Å². The van der Waals surface area contributed by atoms with Crippen molar-refractivity contribution in [3.8, 4) is 0 Å². The van der Waals surface area contributed by atoms with Gasteiger partial charge in [0.2, 0.25) is 0 Å². The van der Waals surface area contributed by atoms with Gasteiger partial charge in [0, 0.05) is 0 Å². The molecule has 0 aromatic heterocycles. The van der Waals surface area contributed by atoms with Crippen LogP contribution in [0.15, 0.2) is 10.2 Å². The minimum absolute atomic E-state index is 0.265. The molecule has 1 unspecified atom stereocenters. The van der Waals surface area contributed by atoms with E-state index in [1.807, 2.05) is 0 Å². The summed E-state index contributed by atoms with van der Waals surface area (Å²) in [4.78, 5) is 11.0. The highest BCUT2D eigenvalue weighted by molar-refractivity contribution is 5.80. The van der Waals surface area contributed by atoms with E-state index in [2.05, 4.69) is 17.2 Å². The summed E-state index contributed by atoms with van der Waals surface area (Å²) in [6.07, 6.45) is 3.01. The molecule has 4 nitrogen and oxygen atoms in total. The number of carbonyl (C=O) groups excluding carboxylic acids is 1. The van der Waals surface area contributed by atoms with Gasteiger partial charge in [-0.3, -0.25) is 4.79 Å². The summed E-state index contributed by atoms with van der Waals surface area (Å²) in [5.41, 5.74) is 0. The standard InChI is InChI=1S/C8H14N2O2/c1-2-3-4-5-6-7(11)9-10-8(6)12/h6-7,11H,2-5H2,1H3/t6?,7-/m0/s1. The number of hydrogen-bond donors (Lipinski definition) is 1. The van der Waals surface area contributed by atoms with Gasteiger partial charge < -0.3 is 5.11 Å². The van der Waals surface area contributed by atoms with Crippen molar-refractivity contribution >= 4 is 5.91 Å². The molecule has 1 amide bonds. The Kier molecular flexibility index (Phi) is 3.34. The van der Waals surface area contributed by atoms with E-state index in [-0.39, 0.29) is 11.8 Å². The molecule has 0 spiro atoms. The maximum absolute atomic E-state index is 11.0. The van der Waals surface area contributed by atoms with Crippen molar-refractivity contribution in [3.63, 3.8) is 0 Å². The largest absolute Gasteiger partial charge is 0.369 e. The predicted octanol–water partition coefficient (Wildman–Crippen LogP) is 1.49. The molecule has 1 heterocycles. The molecule has 2 atom stereocenters. The topological polar surface area (TPSA) is 62.0 Å². The minimum atomic E-state index is -0.880. The van der Waals surface area contributed by atoms with E-state index in [0.29, 0.717) is 6.42 Å². The molecule has 0 saturated heterocycles. The first-order valence-corrected chi connectivity index (χ1v) is 4.38. The average Bonchev–Trinajstić information content (AvgIpc) is 2.35. The molecule has 0 aromatic rings. The number of nitrogens with zero attached hydrogens (tertiary/aromatic N) is 2. The van der Waals surface area contributed by atoms with Crippen molar-refractivity contribution < 1.29 is 9.90 Å². The normalized spacial score (nSPS) is 28.3. The predicted molar refractivity (Wildman–Crippen MR) is 43.5 cm³/mol. The number of aliphatic hydroxyl groups is 1. The van der Waals surface area contributed by atoms with Crippen molar-refractivity contribution in [1.29, 1.82) is 0 Å². The van der Waals surface area contributed by atoms with E-state index in [1.54, 1.807) is 0 Å². The highest BCUT2D eigenvalue weighted by Crippen LogP contribution is 2.21. The molecule has 1 rings (SSSR count). The second-order valence-corrected chi connectivity index (χ2v) is 3.07. The summed E-state index contributed by atoms with van der Waals surface area (Å²) in [6.45, 7) is 2.10.